The molecule has 1 fully saturated rings. The molecule has 0 saturated heterocycles. The monoisotopic (exact) mass is 336 g/mol. The molecular formula is C20H32O4. The lowest BCUT2D eigenvalue weighted by molar-refractivity contribution is -0.139. The van der Waals surface area contributed by atoms with Gasteiger partial charge in [-0.15, -0.1) is 0 Å². The van der Waals surface area contributed by atoms with E-state index < -0.39 is 11.9 Å². The van der Waals surface area contributed by atoms with Gasteiger partial charge in [-0.2, -0.15) is 0 Å². The Hall–Kier alpha value is -1.32. The molecule has 0 heterocycles. The second kappa shape index (κ2) is 6.89. The van der Waals surface area contributed by atoms with Crippen LogP contribution in [0.15, 0.2) is 11.6 Å². The van der Waals surface area contributed by atoms with E-state index in [0.717, 1.165) is 38.5 Å². The zero-order chi connectivity index (χ0) is 18.1. The number of carboxylic acids is 2. The van der Waals surface area contributed by atoms with Crippen LogP contribution in [0.5, 0.6) is 0 Å². The fraction of sp³-hybridized carbons (Fsp3) is 0.800. The lowest BCUT2D eigenvalue weighted by Crippen LogP contribution is -2.51. The number of fused-ring (bicyclic) bond motifs is 1. The van der Waals surface area contributed by atoms with Gasteiger partial charge in [0.25, 0.3) is 0 Å². The van der Waals surface area contributed by atoms with E-state index in [2.05, 4.69) is 20.8 Å². The van der Waals surface area contributed by atoms with Crippen molar-refractivity contribution in [3.05, 3.63) is 11.6 Å². The van der Waals surface area contributed by atoms with Gasteiger partial charge in [-0.3, -0.25) is 4.79 Å². The average molecular weight is 336 g/mol. The van der Waals surface area contributed by atoms with Gasteiger partial charge in [0.15, 0.2) is 0 Å². The van der Waals surface area contributed by atoms with Gasteiger partial charge < -0.3 is 10.2 Å². The topological polar surface area (TPSA) is 74.6 Å². The van der Waals surface area contributed by atoms with Crippen molar-refractivity contribution in [3.8, 4) is 0 Å². The van der Waals surface area contributed by atoms with Crippen LogP contribution in [-0.4, -0.2) is 22.2 Å². The molecule has 2 aliphatic rings. The third-order valence-corrected chi connectivity index (χ3v) is 7.14. The number of aliphatic carboxylic acids is 2. The van der Waals surface area contributed by atoms with Crippen molar-refractivity contribution >= 4 is 11.9 Å². The summed E-state index contributed by atoms with van der Waals surface area (Å²) in [6.07, 6.45) is 7.89. The van der Waals surface area contributed by atoms with Gasteiger partial charge in [-0.05, 0) is 61.7 Å². The fourth-order valence-corrected chi connectivity index (χ4v) is 5.40. The van der Waals surface area contributed by atoms with Crippen LogP contribution in [0.4, 0.5) is 0 Å². The van der Waals surface area contributed by atoms with Crippen LogP contribution >= 0.6 is 0 Å². The molecule has 0 radical (unpaired) electrons. The third kappa shape index (κ3) is 3.38. The minimum Gasteiger partial charge on any atom is -0.481 e. The summed E-state index contributed by atoms with van der Waals surface area (Å²) in [5, 5.41) is 18.7. The second-order valence-corrected chi connectivity index (χ2v) is 8.66. The number of hydrogen-bond acceptors (Lipinski definition) is 2. The molecule has 2 rings (SSSR count). The summed E-state index contributed by atoms with van der Waals surface area (Å²) in [6.45, 7) is 8.76. The smallest absolute Gasteiger partial charge is 0.331 e. The Labute approximate surface area is 145 Å². The number of carbonyl (C=O) groups is 2. The number of rotatable bonds is 6. The highest BCUT2D eigenvalue weighted by Gasteiger charge is 2.55. The summed E-state index contributed by atoms with van der Waals surface area (Å²) in [5.74, 6) is -0.429. The molecule has 0 aromatic heterocycles. The van der Waals surface area contributed by atoms with Gasteiger partial charge in [0.2, 0.25) is 0 Å². The highest BCUT2D eigenvalue weighted by Crippen LogP contribution is 2.62. The van der Waals surface area contributed by atoms with Gasteiger partial charge in [0, 0.05) is 17.4 Å². The van der Waals surface area contributed by atoms with Crippen molar-refractivity contribution in [1.29, 1.82) is 0 Å². The molecule has 136 valence electrons. The van der Waals surface area contributed by atoms with Crippen LogP contribution in [0.2, 0.25) is 0 Å². The average Bonchev–Trinajstić information content (AvgIpc) is 2.48. The lowest BCUT2D eigenvalue weighted by atomic mass is 9.46. The van der Waals surface area contributed by atoms with E-state index in [4.69, 9.17) is 5.11 Å². The van der Waals surface area contributed by atoms with E-state index in [-0.39, 0.29) is 23.2 Å². The quantitative estimate of drug-likeness (QED) is 0.734. The van der Waals surface area contributed by atoms with Crippen LogP contribution in [0.25, 0.3) is 0 Å². The van der Waals surface area contributed by atoms with Crippen molar-refractivity contribution in [2.45, 2.75) is 72.6 Å². The van der Waals surface area contributed by atoms with Gasteiger partial charge >= 0.3 is 11.9 Å². The SMILES string of the molecule is CC(CCC1(C)C(C)CCC2(C)C(C(=O)O)=CCCC21)CC(=O)O. The molecule has 2 N–H and O–H groups in total. The molecule has 0 aliphatic heterocycles. The molecule has 0 spiro atoms. The molecule has 5 unspecified atom stereocenters. The van der Waals surface area contributed by atoms with Crippen molar-refractivity contribution in [1.82, 2.24) is 0 Å². The first-order valence-corrected chi connectivity index (χ1v) is 9.27. The molecule has 4 heteroatoms. The molecule has 0 aromatic carbocycles. The maximum absolute atomic E-state index is 11.8. The predicted molar refractivity (Wildman–Crippen MR) is 93.7 cm³/mol. The van der Waals surface area contributed by atoms with Gasteiger partial charge in [-0.1, -0.05) is 33.8 Å². The van der Waals surface area contributed by atoms with Gasteiger partial charge in [0.1, 0.15) is 0 Å². The van der Waals surface area contributed by atoms with Crippen molar-refractivity contribution in [3.63, 3.8) is 0 Å². The fourth-order valence-electron chi connectivity index (χ4n) is 5.40. The second-order valence-electron chi connectivity index (χ2n) is 8.66. The van der Waals surface area contributed by atoms with E-state index in [0.29, 0.717) is 17.4 Å². The normalized spacial score (nSPS) is 37.2. The van der Waals surface area contributed by atoms with Crippen molar-refractivity contribution in [2.24, 2.45) is 28.6 Å². The summed E-state index contributed by atoms with van der Waals surface area (Å²) in [6, 6.07) is 0. The predicted octanol–water partition coefficient (Wildman–Crippen LogP) is 4.74. The molecular weight excluding hydrogens is 304 g/mol. The van der Waals surface area contributed by atoms with Gasteiger partial charge in [-0.25, -0.2) is 4.79 Å². The largest absolute Gasteiger partial charge is 0.481 e. The van der Waals surface area contributed by atoms with Crippen LogP contribution < -0.4 is 0 Å². The zero-order valence-corrected chi connectivity index (χ0v) is 15.5. The zero-order valence-electron chi connectivity index (χ0n) is 15.5. The van der Waals surface area contributed by atoms with Crippen LogP contribution in [-0.2, 0) is 9.59 Å². The molecule has 2 aliphatic carbocycles. The maximum Gasteiger partial charge on any atom is 0.331 e. The first kappa shape index (κ1) is 19.0. The van der Waals surface area contributed by atoms with Crippen LogP contribution in [0.3, 0.4) is 0 Å². The first-order chi connectivity index (χ1) is 11.1. The van der Waals surface area contributed by atoms with Crippen molar-refractivity contribution in [2.75, 3.05) is 0 Å². The molecule has 0 bridgehead atoms. The highest BCUT2D eigenvalue weighted by atomic mass is 16.4. The molecule has 0 aromatic rings. The Balaban J connectivity index is 2.23. The van der Waals surface area contributed by atoms with Gasteiger partial charge in [0.05, 0.1) is 0 Å². The summed E-state index contributed by atoms with van der Waals surface area (Å²) >= 11 is 0. The van der Waals surface area contributed by atoms with Crippen LogP contribution in [0.1, 0.15) is 72.6 Å². The third-order valence-electron chi connectivity index (χ3n) is 7.14. The number of allylic oxidation sites excluding steroid dienone is 1. The van der Waals surface area contributed by atoms with E-state index in [1.54, 1.807) is 0 Å². The minimum atomic E-state index is -0.765. The summed E-state index contributed by atoms with van der Waals surface area (Å²) in [7, 11) is 0. The Morgan fingerprint density at radius 3 is 2.54 bits per heavy atom. The van der Waals surface area contributed by atoms with E-state index in [1.807, 2.05) is 13.0 Å². The Morgan fingerprint density at radius 1 is 1.29 bits per heavy atom. The number of hydrogen-bond donors (Lipinski definition) is 2. The number of carboxylic acid groups (broad SMARTS) is 2. The minimum absolute atomic E-state index is 0.0781. The molecule has 5 atom stereocenters. The summed E-state index contributed by atoms with van der Waals surface area (Å²) in [4.78, 5) is 22.7. The van der Waals surface area contributed by atoms with E-state index in [1.165, 1.54) is 0 Å². The van der Waals surface area contributed by atoms with Crippen LogP contribution in [0, 0.1) is 28.6 Å². The summed E-state index contributed by atoms with van der Waals surface area (Å²) in [5.41, 5.74) is 0.436. The Kier molecular flexibility index (Phi) is 5.46. The Bertz CT molecular complexity index is 538. The Morgan fingerprint density at radius 2 is 1.96 bits per heavy atom. The lowest BCUT2D eigenvalue weighted by Gasteiger charge is -2.57. The first-order valence-electron chi connectivity index (χ1n) is 9.27. The molecule has 4 nitrogen and oxygen atoms in total. The standard InChI is InChI=1S/C20H32O4/c1-13(12-17(21)22)8-10-19(3)14(2)9-11-20(4)15(18(23)24)6-5-7-16(19)20/h6,13-14,16H,5,7-12H2,1-4H3,(H,21,22)(H,23,24). The highest BCUT2D eigenvalue weighted by molar-refractivity contribution is 5.88. The summed E-state index contributed by atoms with van der Waals surface area (Å²) < 4.78 is 0. The van der Waals surface area contributed by atoms with E-state index in [9.17, 15) is 14.7 Å². The maximum atomic E-state index is 11.8. The van der Waals surface area contributed by atoms with Crippen molar-refractivity contribution < 1.29 is 19.8 Å². The van der Waals surface area contributed by atoms with E-state index >= 15 is 0 Å². The molecule has 24 heavy (non-hydrogen) atoms. The molecule has 1 saturated carbocycles. The molecule has 0 amide bonds.